The van der Waals surface area contributed by atoms with Crippen molar-refractivity contribution >= 4 is 17.8 Å². The number of urea groups is 1. The Morgan fingerprint density at radius 2 is 2.27 bits per heavy atom. The van der Waals surface area contributed by atoms with E-state index >= 15 is 0 Å². The molecule has 6 nitrogen and oxygen atoms in total. The van der Waals surface area contributed by atoms with Gasteiger partial charge >= 0.3 is 6.03 Å². The van der Waals surface area contributed by atoms with Crippen LogP contribution in [0.3, 0.4) is 0 Å². The monoisotopic (exact) mass is 212 g/mol. The summed E-state index contributed by atoms with van der Waals surface area (Å²) in [5, 5.41) is 12.6. The van der Waals surface area contributed by atoms with Crippen LogP contribution in [0.25, 0.3) is 0 Å². The molecule has 1 aliphatic heterocycles. The molecule has 1 aliphatic rings. The van der Waals surface area contributed by atoms with E-state index in [1.54, 1.807) is 0 Å². The molecule has 0 aromatic rings. The minimum atomic E-state index is -0.436. The number of nitrogens with one attached hydrogen (secondary N) is 3. The van der Waals surface area contributed by atoms with E-state index in [1.165, 1.54) is 4.90 Å². The van der Waals surface area contributed by atoms with Gasteiger partial charge in [-0.25, -0.2) is 4.79 Å². The molecular formula is C9H16N4O2. The smallest absolute Gasteiger partial charge is 0.323 e. The van der Waals surface area contributed by atoms with Crippen LogP contribution in [0.5, 0.6) is 0 Å². The summed E-state index contributed by atoms with van der Waals surface area (Å²) in [6.07, 6.45) is 0.152. The maximum atomic E-state index is 11.3. The zero-order chi connectivity index (χ0) is 11.4. The molecule has 1 unspecified atom stereocenters. The lowest BCUT2D eigenvalue weighted by atomic mass is 10.1. The van der Waals surface area contributed by atoms with Gasteiger partial charge in [0.2, 0.25) is 5.91 Å². The summed E-state index contributed by atoms with van der Waals surface area (Å²) < 4.78 is 0. The van der Waals surface area contributed by atoms with Gasteiger partial charge in [-0.15, -0.1) is 0 Å². The number of carbonyl (C=O) groups is 2. The first-order valence-corrected chi connectivity index (χ1v) is 5.02. The fraction of sp³-hybridized carbons (Fsp3) is 0.667. The second-order valence-corrected chi connectivity index (χ2v) is 3.30. The minimum absolute atomic E-state index is 0.105. The minimum Gasteiger partial charge on any atom is -0.356 e. The standard InChI is InChI=1S/C9H16N4O2/c1-3-11-7(14)5-6-8(10)12-9(15)13(6)4-2/h6H,3-5H2,1-2H3,(H,11,14)(H2,10,12,15). The highest BCUT2D eigenvalue weighted by Gasteiger charge is 2.35. The largest absolute Gasteiger partial charge is 0.356 e. The lowest BCUT2D eigenvalue weighted by Crippen LogP contribution is -2.39. The first kappa shape index (κ1) is 11.5. The average Bonchev–Trinajstić information content (AvgIpc) is 2.42. The lowest BCUT2D eigenvalue weighted by molar-refractivity contribution is -0.121. The Labute approximate surface area is 88.5 Å². The van der Waals surface area contributed by atoms with E-state index in [4.69, 9.17) is 5.41 Å². The highest BCUT2D eigenvalue weighted by molar-refractivity contribution is 6.07. The van der Waals surface area contributed by atoms with Crippen molar-refractivity contribution < 1.29 is 9.59 Å². The number of amides is 3. The van der Waals surface area contributed by atoms with E-state index in [0.717, 1.165) is 0 Å². The number of hydrogen-bond donors (Lipinski definition) is 3. The molecule has 0 spiro atoms. The van der Waals surface area contributed by atoms with E-state index in [2.05, 4.69) is 10.6 Å². The maximum absolute atomic E-state index is 11.3. The summed E-state index contributed by atoms with van der Waals surface area (Å²) in [5.41, 5.74) is 0. The van der Waals surface area contributed by atoms with Crippen molar-refractivity contribution in [1.82, 2.24) is 15.5 Å². The van der Waals surface area contributed by atoms with Crippen molar-refractivity contribution in [3.8, 4) is 0 Å². The number of likely N-dealkylation sites (N-methyl/N-ethyl adjacent to an activating group) is 1. The molecule has 0 saturated carbocycles. The predicted molar refractivity (Wildman–Crippen MR) is 55.7 cm³/mol. The van der Waals surface area contributed by atoms with Crippen LogP contribution in [0.2, 0.25) is 0 Å². The average molecular weight is 212 g/mol. The second-order valence-electron chi connectivity index (χ2n) is 3.30. The van der Waals surface area contributed by atoms with Crippen LogP contribution in [0.15, 0.2) is 0 Å². The Bertz CT molecular complexity index is 290. The molecule has 1 saturated heterocycles. The maximum Gasteiger partial charge on any atom is 0.323 e. The van der Waals surface area contributed by atoms with E-state index < -0.39 is 6.04 Å². The first-order chi connectivity index (χ1) is 7.10. The van der Waals surface area contributed by atoms with Gasteiger partial charge in [-0.05, 0) is 13.8 Å². The summed E-state index contributed by atoms with van der Waals surface area (Å²) in [7, 11) is 0. The van der Waals surface area contributed by atoms with Gasteiger partial charge < -0.3 is 10.2 Å². The normalized spacial score (nSPS) is 20.4. The third-order valence-electron chi connectivity index (χ3n) is 2.31. The molecule has 1 rings (SSSR count). The number of carbonyl (C=O) groups excluding carboxylic acids is 2. The zero-order valence-electron chi connectivity index (χ0n) is 8.96. The summed E-state index contributed by atoms with van der Waals surface area (Å²) in [6.45, 7) is 4.71. The highest BCUT2D eigenvalue weighted by Crippen LogP contribution is 2.11. The molecule has 15 heavy (non-hydrogen) atoms. The molecule has 84 valence electrons. The Morgan fingerprint density at radius 3 is 2.80 bits per heavy atom. The van der Waals surface area contributed by atoms with Crippen LogP contribution in [0.1, 0.15) is 20.3 Å². The molecule has 0 radical (unpaired) electrons. The number of hydrogen-bond acceptors (Lipinski definition) is 3. The molecular weight excluding hydrogens is 196 g/mol. The number of amidine groups is 1. The molecule has 1 heterocycles. The fourth-order valence-electron chi connectivity index (χ4n) is 1.59. The number of rotatable bonds is 4. The van der Waals surface area contributed by atoms with Crippen molar-refractivity contribution in [1.29, 1.82) is 5.41 Å². The fourth-order valence-corrected chi connectivity index (χ4v) is 1.59. The Kier molecular flexibility index (Phi) is 3.65. The van der Waals surface area contributed by atoms with Gasteiger partial charge in [0.25, 0.3) is 0 Å². The van der Waals surface area contributed by atoms with Gasteiger partial charge in [-0.2, -0.15) is 0 Å². The summed E-state index contributed by atoms with van der Waals surface area (Å²) >= 11 is 0. The highest BCUT2D eigenvalue weighted by atomic mass is 16.2. The van der Waals surface area contributed by atoms with Crippen molar-refractivity contribution in [2.75, 3.05) is 13.1 Å². The summed E-state index contributed by atoms with van der Waals surface area (Å²) in [4.78, 5) is 24.1. The molecule has 0 aromatic carbocycles. The number of nitrogens with zero attached hydrogens (tertiary/aromatic N) is 1. The molecule has 3 amide bonds. The van der Waals surface area contributed by atoms with Gasteiger partial charge in [-0.3, -0.25) is 15.5 Å². The second kappa shape index (κ2) is 4.77. The molecule has 3 N–H and O–H groups in total. The van der Waals surface area contributed by atoms with Crippen LogP contribution >= 0.6 is 0 Å². The van der Waals surface area contributed by atoms with Crippen LogP contribution in [0.4, 0.5) is 4.79 Å². The Hall–Kier alpha value is -1.59. The third kappa shape index (κ3) is 2.45. The molecule has 0 bridgehead atoms. The zero-order valence-corrected chi connectivity index (χ0v) is 8.96. The van der Waals surface area contributed by atoms with Crippen LogP contribution in [-0.4, -0.2) is 41.8 Å². The summed E-state index contributed by atoms with van der Waals surface area (Å²) in [5.74, 6) is -0.0321. The van der Waals surface area contributed by atoms with E-state index in [9.17, 15) is 9.59 Å². The van der Waals surface area contributed by atoms with Crippen molar-refractivity contribution in [3.63, 3.8) is 0 Å². The molecule has 1 atom stereocenters. The van der Waals surface area contributed by atoms with Crippen molar-refractivity contribution in [2.24, 2.45) is 0 Å². The molecule has 1 fully saturated rings. The van der Waals surface area contributed by atoms with Crippen LogP contribution in [0, 0.1) is 5.41 Å². The van der Waals surface area contributed by atoms with Gasteiger partial charge in [0, 0.05) is 13.1 Å². The van der Waals surface area contributed by atoms with Gasteiger partial charge in [0.1, 0.15) is 5.84 Å². The Balaban J connectivity index is 2.63. The van der Waals surface area contributed by atoms with Crippen LogP contribution < -0.4 is 10.6 Å². The third-order valence-corrected chi connectivity index (χ3v) is 2.31. The quantitative estimate of drug-likeness (QED) is 0.608. The van der Waals surface area contributed by atoms with Crippen LogP contribution in [-0.2, 0) is 4.79 Å². The van der Waals surface area contributed by atoms with E-state index in [1.807, 2.05) is 13.8 Å². The topological polar surface area (TPSA) is 85.3 Å². The molecule has 0 aromatic heterocycles. The Morgan fingerprint density at radius 1 is 1.60 bits per heavy atom. The van der Waals surface area contributed by atoms with E-state index in [0.29, 0.717) is 13.1 Å². The molecule has 6 heteroatoms. The van der Waals surface area contributed by atoms with Gasteiger partial charge in [0.05, 0.1) is 12.5 Å². The van der Waals surface area contributed by atoms with Gasteiger partial charge in [-0.1, -0.05) is 0 Å². The SMILES string of the molecule is CCNC(=O)CC1C(=N)NC(=O)N1CC. The van der Waals surface area contributed by atoms with E-state index in [-0.39, 0.29) is 24.2 Å². The molecule has 0 aliphatic carbocycles. The van der Waals surface area contributed by atoms with Gasteiger partial charge in [0.15, 0.2) is 0 Å². The predicted octanol–water partition coefficient (Wildman–Crippen LogP) is -0.0964. The van der Waals surface area contributed by atoms with Crippen molar-refractivity contribution in [3.05, 3.63) is 0 Å². The lowest BCUT2D eigenvalue weighted by Gasteiger charge is -2.19. The van der Waals surface area contributed by atoms with Crippen molar-refractivity contribution in [2.45, 2.75) is 26.3 Å². The summed E-state index contributed by atoms with van der Waals surface area (Å²) in [6, 6.07) is -0.731. The first-order valence-electron chi connectivity index (χ1n) is 5.02.